The molecule has 0 aromatic heterocycles. The van der Waals surface area contributed by atoms with Crippen molar-refractivity contribution in [2.24, 2.45) is 5.41 Å². The van der Waals surface area contributed by atoms with Crippen molar-refractivity contribution in [3.8, 4) is 11.1 Å². The molecule has 2 nitrogen and oxygen atoms in total. The van der Waals surface area contributed by atoms with E-state index in [-0.39, 0.29) is 10.8 Å². The molecule has 3 heteroatoms. The molecule has 64 heavy (non-hydrogen) atoms. The zero-order valence-corrected chi connectivity index (χ0v) is 39.1. The molecule has 1 fully saturated rings. The fourth-order valence-electron chi connectivity index (χ4n) is 13.1. The van der Waals surface area contributed by atoms with Crippen LogP contribution < -0.4 is 20.2 Å². The van der Waals surface area contributed by atoms with Crippen molar-refractivity contribution < 1.29 is 0 Å². The van der Waals surface area contributed by atoms with Gasteiger partial charge in [0.25, 0.3) is 0 Å². The lowest BCUT2D eigenvalue weighted by Crippen LogP contribution is -2.52. The average molecular weight is 847 g/mol. The number of rotatable bonds is 6. The second-order valence-electron chi connectivity index (χ2n) is 20.1. The van der Waals surface area contributed by atoms with Gasteiger partial charge in [-0.1, -0.05) is 168 Å². The fraction of sp³-hybridized carbons (Fsp3) is 0.246. The van der Waals surface area contributed by atoms with E-state index in [0.717, 1.165) is 19.3 Å². The zero-order chi connectivity index (χ0) is 43.4. The number of anilines is 4. The number of nitrogens with zero attached hydrogens (tertiary/aromatic N) is 2. The van der Waals surface area contributed by atoms with Gasteiger partial charge in [-0.15, -0.1) is 0 Å². The predicted octanol–water partition coefficient (Wildman–Crippen LogP) is 14.7. The van der Waals surface area contributed by atoms with Crippen molar-refractivity contribution in [1.82, 2.24) is 0 Å². The highest BCUT2D eigenvalue weighted by Gasteiger charge is 2.54. The molecular formula is C61H58N2Si. The highest BCUT2D eigenvalue weighted by molar-refractivity contribution is 7.06. The Labute approximate surface area is 381 Å². The van der Waals surface area contributed by atoms with E-state index in [1.54, 1.807) is 10.4 Å². The first kappa shape index (κ1) is 39.4. The van der Waals surface area contributed by atoms with Crippen LogP contribution in [-0.4, -0.2) is 8.07 Å². The maximum absolute atomic E-state index is 2.62. The smallest absolute Gasteiger partial charge is 0.119 e. The third-order valence-electron chi connectivity index (χ3n) is 16.6. The van der Waals surface area contributed by atoms with Crippen LogP contribution >= 0.6 is 0 Å². The summed E-state index contributed by atoms with van der Waals surface area (Å²) in [6, 6.07) is 52.0. The van der Waals surface area contributed by atoms with E-state index in [2.05, 4.69) is 214 Å². The zero-order valence-electron chi connectivity index (χ0n) is 38.1. The molecule has 0 amide bonds. The third kappa shape index (κ3) is 5.69. The maximum Gasteiger partial charge on any atom is 0.119 e. The van der Waals surface area contributed by atoms with Crippen LogP contribution in [0.5, 0.6) is 0 Å². The summed E-state index contributed by atoms with van der Waals surface area (Å²) in [5.74, 6) is 0.323. The van der Waals surface area contributed by atoms with Gasteiger partial charge in [-0.2, -0.15) is 0 Å². The number of hydrogen-bond donors (Lipinski definition) is 0. The Hall–Kier alpha value is -6.16. The molecule has 6 aliphatic rings. The molecule has 4 aliphatic heterocycles. The summed E-state index contributed by atoms with van der Waals surface area (Å²) >= 11 is 0. The van der Waals surface area contributed by atoms with Crippen molar-refractivity contribution in [3.63, 3.8) is 0 Å². The largest absolute Gasteiger partial charge is 0.314 e. The number of allylic oxidation sites excluding steroid dienone is 7. The SMILES string of the molecule is CC=CC1=C(CC)N(C2=CC3(C)C(C=C2)c2ccc(C=Cc4ccc5c(c4)-c4cc(N6c7ccccc7Cc7ccccc76)ccc4[Si]54CCCC4)cc2C3(C)C)c2ccccc2C1. The predicted molar refractivity (Wildman–Crippen MR) is 274 cm³/mol. The van der Waals surface area contributed by atoms with Gasteiger partial charge in [0.15, 0.2) is 0 Å². The average Bonchev–Trinajstić information content (AvgIpc) is 3.96. The van der Waals surface area contributed by atoms with Gasteiger partial charge in [0.1, 0.15) is 8.07 Å². The summed E-state index contributed by atoms with van der Waals surface area (Å²) < 4.78 is 0. The van der Waals surface area contributed by atoms with Gasteiger partial charge in [-0.05, 0) is 139 Å². The molecule has 2 aliphatic carbocycles. The van der Waals surface area contributed by atoms with Crippen LogP contribution in [0.1, 0.15) is 98.7 Å². The molecule has 316 valence electrons. The first-order valence-corrected chi connectivity index (χ1v) is 26.4. The van der Waals surface area contributed by atoms with Gasteiger partial charge in [0.2, 0.25) is 0 Å². The van der Waals surface area contributed by atoms with E-state index in [4.69, 9.17) is 0 Å². The molecule has 1 spiro atoms. The molecule has 0 N–H and O–H groups in total. The maximum atomic E-state index is 2.62. The molecule has 6 aromatic carbocycles. The van der Waals surface area contributed by atoms with Crippen LogP contribution in [-0.2, 0) is 18.3 Å². The molecule has 12 rings (SSSR count). The van der Waals surface area contributed by atoms with Gasteiger partial charge in [0.05, 0.1) is 0 Å². The van der Waals surface area contributed by atoms with E-state index in [1.165, 1.54) is 115 Å². The normalized spacial score (nSPS) is 21.8. The first-order chi connectivity index (χ1) is 31.2. The van der Waals surface area contributed by atoms with Crippen molar-refractivity contribution in [2.45, 2.75) is 90.1 Å². The monoisotopic (exact) mass is 846 g/mol. The van der Waals surface area contributed by atoms with E-state index in [1.807, 2.05) is 0 Å². The number of hydrogen-bond acceptors (Lipinski definition) is 2. The van der Waals surface area contributed by atoms with Crippen molar-refractivity contribution in [2.75, 3.05) is 9.80 Å². The highest BCUT2D eigenvalue weighted by atomic mass is 28.3. The van der Waals surface area contributed by atoms with Crippen molar-refractivity contribution in [3.05, 3.63) is 214 Å². The van der Waals surface area contributed by atoms with Gasteiger partial charge in [-0.25, -0.2) is 0 Å². The second kappa shape index (κ2) is 14.7. The van der Waals surface area contributed by atoms with Crippen LogP contribution in [0.3, 0.4) is 0 Å². The van der Waals surface area contributed by atoms with Gasteiger partial charge >= 0.3 is 0 Å². The molecule has 0 radical (unpaired) electrons. The van der Waals surface area contributed by atoms with E-state index >= 15 is 0 Å². The Bertz CT molecular complexity index is 3030. The van der Waals surface area contributed by atoms with Gasteiger partial charge < -0.3 is 9.80 Å². The molecule has 2 atom stereocenters. The standard InChI is InChI=1S/C61H58N2Si/c1-6-16-43-37-44-17-10-13-22-57(44)63(54(43)7-2)48-27-30-52-49-29-25-42(36-53(49)60(3,4)61(52,5)40-48)24-23-41-26-31-58-50(35-41)51-39-47(28-32-59(51)64(58)33-14-15-34-64)62-55-20-11-8-18-45(55)38-46-19-9-12-21-56(46)62/h6,8-13,16-32,35-36,39-40,52H,7,14-15,33-34,37-38H2,1-5H3. The van der Waals surface area contributed by atoms with E-state index in [9.17, 15) is 0 Å². The Balaban J connectivity index is 0.887. The van der Waals surface area contributed by atoms with Crippen LogP contribution in [0, 0.1) is 5.41 Å². The molecule has 2 unspecified atom stereocenters. The lowest BCUT2D eigenvalue weighted by molar-refractivity contribution is 0.243. The van der Waals surface area contributed by atoms with Crippen molar-refractivity contribution >= 4 is 53.3 Å². The Kier molecular flexibility index (Phi) is 9.05. The minimum atomic E-state index is -1.79. The summed E-state index contributed by atoms with van der Waals surface area (Å²) in [7, 11) is -1.79. The minimum Gasteiger partial charge on any atom is -0.314 e. The van der Waals surface area contributed by atoms with E-state index in [0.29, 0.717) is 5.92 Å². The summed E-state index contributed by atoms with van der Waals surface area (Å²) in [6.07, 6.45) is 22.4. The van der Waals surface area contributed by atoms with Crippen molar-refractivity contribution in [1.29, 1.82) is 0 Å². The summed E-state index contributed by atoms with van der Waals surface area (Å²) in [5, 5.41) is 3.33. The molecule has 1 saturated heterocycles. The van der Waals surface area contributed by atoms with Gasteiger partial charge in [0, 0.05) is 58.3 Å². The lowest BCUT2D eigenvalue weighted by Gasteiger charge is -2.44. The molecule has 4 heterocycles. The molecular weight excluding hydrogens is 789 g/mol. The molecule has 0 bridgehead atoms. The first-order valence-electron chi connectivity index (χ1n) is 23.9. The fourth-order valence-corrected chi connectivity index (χ4v) is 18.7. The topological polar surface area (TPSA) is 6.48 Å². The molecule has 6 aromatic rings. The highest BCUT2D eigenvalue weighted by Crippen LogP contribution is 2.62. The summed E-state index contributed by atoms with van der Waals surface area (Å²) in [6.45, 7) is 11.9. The van der Waals surface area contributed by atoms with Crippen LogP contribution in [0.15, 0.2) is 175 Å². The van der Waals surface area contributed by atoms with Crippen LogP contribution in [0.4, 0.5) is 22.7 Å². The Morgan fingerprint density at radius 1 is 0.641 bits per heavy atom. The number of benzene rings is 6. The summed E-state index contributed by atoms with van der Waals surface area (Å²) in [5.41, 5.74) is 21.8. The van der Waals surface area contributed by atoms with Crippen LogP contribution in [0.2, 0.25) is 12.1 Å². The van der Waals surface area contributed by atoms with E-state index < -0.39 is 8.07 Å². The van der Waals surface area contributed by atoms with Crippen LogP contribution in [0.25, 0.3) is 23.3 Å². The quantitative estimate of drug-likeness (QED) is 0.122. The Morgan fingerprint density at radius 3 is 1.91 bits per heavy atom. The second-order valence-corrected chi connectivity index (χ2v) is 24.3. The minimum absolute atomic E-state index is 0.0744. The third-order valence-corrected chi connectivity index (χ3v) is 21.9. The van der Waals surface area contributed by atoms with Gasteiger partial charge in [-0.3, -0.25) is 0 Å². The lowest BCUT2D eigenvalue weighted by atomic mass is 9.62. The Morgan fingerprint density at radius 2 is 1.23 bits per heavy atom. The molecule has 0 saturated carbocycles. The number of fused-ring (bicyclic) bond motifs is 11. The summed E-state index contributed by atoms with van der Waals surface area (Å²) in [4.78, 5) is 5.09. The number of para-hydroxylation sites is 3.